The predicted octanol–water partition coefficient (Wildman–Crippen LogP) is 3.16. The molecule has 4 heteroatoms. The maximum atomic E-state index is 12.3. The second kappa shape index (κ2) is 2.93. The zero-order valence-electron chi connectivity index (χ0n) is 10.0. The summed E-state index contributed by atoms with van der Waals surface area (Å²) >= 11 is 0. The maximum Gasteiger partial charge on any atom is 0.169 e. The van der Waals surface area contributed by atoms with E-state index >= 15 is 0 Å². The van der Waals surface area contributed by atoms with Crippen molar-refractivity contribution in [3.63, 3.8) is 0 Å². The highest BCUT2D eigenvalue weighted by molar-refractivity contribution is 7.92. The smallest absolute Gasteiger partial charge is 0.169 e. The fourth-order valence-electron chi connectivity index (χ4n) is 2.64. The lowest BCUT2D eigenvalue weighted by Gasteiger charge is -2.17. The highest BCUT2D eigenvalue weighted by Gasteiger charge is 2.53. The van der Waals surface area contributed by atoms with Crippen LogP contribution in [-0.2, 0) is 14.6 Å². The molecule has 1 aromatic carbocycles. The van der Waals surface area contributed by atoms with E-state index in [0.29, 0.717) is 5.76 Å². The van der Waals surface area contributed by atoms with Gasteiger partial charge in [-0.1, -0.05) is 18.2 Å². The monoisotopic (exact) mass is 250 g/mol. The summed E-state index contributed by atoms with van der Waals surface area (Å²) in [6, 6.07) is 7.60. The first-order valence-corrected chi connectivity index (χ1v) is 7.17. The first kappa shape index (κ1) is 10.8. The molecule has 1 aromatic heterocycles. The fourth-order valence-corrected chi connectivity index (χ4v) is 4.48. The van der Waals surface area contributed by atoms with Crippen LogP contribution in [0.3, 0.4) is 0 Å². The van der Waals surface area contributed by atoms with Gasteiger partial charge >= 0.3 is 0 Å². The number of sulfone groups is 1. The van der Waals surface area contributed by atoms with Crippen molar-refractivity contribution in [1.82, 2.24) is 0 Å². The van der Waals surface area contributed by atoms with E-state index < -0.39 is 19.8 Å². The van der Waals surface area contributed by atoms with Crippen molar-refractivity contribution in [3.05, 3.63) is 35.6 Å². The van der Waals surface area contributed by atoms with E-state index in [-0.39, 0.29) is 0 Å². The zero-order valence-corrected chi connectivity index (χ0v) is 10.8. The molecule has 0 spiro atoms. The van der Waals surface area contributed by atoms with E-state index in [0.717, 1.165) is 16.5 Å². The van der Waals surface area contributed by atoms with Crippen LogP contribution in [0.25, 0.3) is 11.0 Å². The van der Waals surface area contributed by atoms with Gasteiger partial charge in [-0.2, -0.15) is 0 Å². The van der Waals surface area contributed by atoms with Gasteiger partial charge in [0.25, 0.3) is 0 Å². The Bertz CT molecular complexity index is 707. The first-order chi connectivity index (χ1) is 7.87. The number of hydrogen-bond donors (Lipinski definition) is 0. The molecule has 0 saturated carbocycles. The van der Waals surface area contributed by atoms with Gasteiger partial charge in [-0.3, -0.25) is 0 Å². The maximum absolute atomic E-state index is 12.3. The molecule has 3 nitrogen and oxygen atoms in total. The molecular weight excluding hydrogens is 236 g/mol. The minimum atomic E-state index is -3.20. The number of rotatable bonds is 0. The van der Waals surface area contributed by atoms with E-state index in [4.69, 9.17) is 4.42 Å². The van der Waals surface area contributed by atoms with Crippen LogP contribution in [0.4, 0.5) is 0 Å². The van der Waals surface area contributed by atoms with E-state index in [1.54, 1.807) is 20.8 Å². The third-order valence-electron chi connectivity index (χ3n) is 3.76. The molecule has 0 bridgehead atoms. The highest BCUT2D eigenvalue weighted by Crippen LogP contribution is 2.52. The van der Waals surface area contributed by atoms with E-state index in [9.17, 15) is 8.42 Å². The third kappa shape index (κ3) is 1.09. The van der Waals surface area contributed by atoms with Gasteiger partial charge in [-0.15, -0.1) is 0 Å². The second-order valence-electron chi connectivity index (χ2n) is 5.04. The zero-order chi connectivity index (χ0) is 12.4. The van der Waals surface area contributed by atoms with Crippen LogP contribution in [0.1, 0.15) is 37.3 Å². The standard InChI is InChI=1S/C13H14O3S/c1-8-11-9-6-4-5-7-10(9)16-12(11)13(2,3)17(8,14)15/h4-8H,1-3H3. The van der Waals surface area contributed by atoms with Gasteiger partial charge in [0.05, 0.1) is 5.25 Å². The van der Waals surface area contributed by atoms with Gasteiger partial charge < -0.3 is 4.42 Å². The molecule has 1 aliphatic rings. The molecule has 2 heterocycles. The minimum Gasteiger partial charge on any atom is -0.459 e. The Morgan fingerprint density at radius 2 is 1.88 bits per heavy atom. The minimum absolute atomic E-state index is 0.490. The fraction of sp³-hybridized carbons (Fsp3) is 0.385. The third-order valence-corrected chi connectivity index (χ3v) is 6.54. The van der Waals surface area contributed by atoms with Crippen molar-refractivity contribution < 1.29 is 12.8 Å². The number of furan rings is 1. The van der Waals surface area contributed by atoms with Crippen molar-refractivity contribution in [2.75, 3.05) is 0 Å². The van der Waals surface area contributed by atoms with E-state index in [1.165, 1.54) is 0 Å². The molecule has 0 fully saturated rings. The molecule has 0 radical (unpaired) electrons. The molecular formula is C13H14O3S. The molecule has 0 N–H and O–H groups in total. The van der Waals surface area contributed by atoms with Crippen molar-refractivity contribution in [1.29, 1.82) is 0 Å². The molecule has 0 aliphatic carbocycles. The summed E-state index contributed by atoms with van der Waals surface area (Å²) in [6.45, 7) is 5.17. The SMILES string of the molecule is CC1c2c(oc3ccccc23)C(C)(C)S1(=O)=O. The molecule has 0 amide bonds. The van der Waals surface area contributed by atoms with Gasteiger partial charge in [0.15, 0.2) is 9.84 Å². The second-order valence-corrected chi connectivity index (χ2v) is 7.86. The molecule has 2 aromatic rings. The quantitative estimate of drug-likeness (QED) is 0.721. The molecule has 0 saturated heterocycles. The summed E-state index contributed by atoms with van der Waals surface area (Å²) in [5.41, 5.74) is 1.61. The average Bonchev–Trinajstić information content (AvgIpc) is 2.71. The summed E-state index contributed by atoms with van der Waals surface area (Å²) in [4.78, 5) is 0. The van der Waals surface area contributed by atoms with Gasteiger partial charge in [0.2, 0.25) is 0 Å². The van der Waals surface area contributed by atoms with Crippen molar-refractivity contribution in [2.24, 2.45) is 0 Å². The van der Waals surface area contributed by atoms with Gasteiger partial charge in [-0.25, -0.2) is 8.42 Å². The Morgan fingerprint density at radius 3 is 2.59 bits per heavy atom. The Balaban J connectivity index is 2.48. The van der Waals surface area contributed by atoms with Crippen LogP contribution < -0.4 is 0 Å². The lowest BCUT2D eigenvalue weighted by molar-refractivity contribution is 0.478. The Labute approximate surface area is 100 Å². The van der Waals surface area contributed by atoms with Crippen LogP contribution in [-0.4, -0.2) is 8.42 Å². The lowest BCUT2D eigenvalue weighted by Crippen LogP contribution is -2.25. The van der Waals surface area contributed by atoms with E-state index in [1.807, 2.05) is 24.3 Å². The Kier molecular flexibility index (Phi) is 1.87. The summed E-state index contributed by atoms with van der Waals surface area (Å²) in [5.74, 6) is 0.603. The molecule has 1 atom stereocenters. The normalized spacial score (nSPS) is 25.0. The van der Waals surface area contributed by atoms with Gasteiger partial charge in [-0.05, 0) is 26.8 Å². The largest absolute Gasteiger partial charge is 0.459 e. The lowest BCUT2D eigenvalue weighted by atomic mass is 10.0. The Hall–Kier alpha value is -1.29. The average molecular weight is 250 g/mol. The van der Waals surface area contributed by atoms with E-state index in [2.05, 4.69) is 0 Å². The number of hydrogen-bond acceptors (Lipinski definition) is 3. The van der Waals surface area contributed by atoms with Crippen LogP contribution in [0, 0.1) is 0 Å². The molecule has 3 rings (SSSR count). The Morgan fingerprint density at radius 1 is 1.24 bits per heavy atom. The summed E-state index contributed by atoms with van der Waals surface area (Å²) < 4.78 is 29.5. The summed E-state index contributed by atoms with van der Waals surface area (Å²) in [5, 5.41) is 0.431. The van der Waals surface area contributed by atoms with Gasteiger partial charge in [0, 0.05) is 10.9 Å². The highest BCUT2D eigenvalue weighted by atomic mass is 32.2. The molecule has 1 unspecified atom stereocenters. The van der Waals surface area contributed by atoms with Crippen LogP contribution in [0.5, 0.6) is 0 Å². The number of benzene rings is 1. The summed E-state index contributed by atoms with van der Waals surface area (Å²) in [6.07, 6.45) is 0. The van der Waals surface area contributed by atoms with Gasteiger partial charge in [0.1, 0.15) is 16.1 Å². The first-order valence-electron chi connectivity index (χ1n) is 5.62. The van der Waals surface area contributed by atoms with Crippen LogP contribution in [0.2, 0.25) is 0 Å². The van der Waals surface area contributed by atoms with Crippen molar-refractivity contribution >= 4 is 20.8 Å². The van der Waals surface area contributed by atoms with Crippen LogP contribution >= 0.6 is 0 Å². The topological polar surface area (TPSA) is 47.3 Å². The summed E-state index contributed by atoms with van der Waals surface area (Å²) in [7, 11) is -3.20. The predicted molar refractivity (Wildman–Crippen MR) is 66.6 cm³/mol. The molecule has 17 heavy (non-hydrogen) atoms. The van der Waals surface area contributed by atoms with Crippen molar-refractivity contribution in [3.8, 4) is 0 Å². The number of para-hydroxylation sites is 1. The van der Waals surface area contributed by atoms with Crippen LogP contribution in [0.15, 0.2) is 28.7 Å². The molecule has 90 valence electrons. The van der Waals surface area contributed by atoms with Crippen molar-refractivity contribution in [2.45, 2.75) is 30.8 Å². The number of fused-ring (bicyclic) bond motifs is 3. The molecule has 1 aliphatic heterocycles.